The Morgan fingerprint density at radius 1 is 0.727 bits per heavy atom. The van der Waals surface area contributed by atoms with Crippen molar-refractivity contribution in [1.29, 1.82) is 0 Å². The molecule has 0 fully saturated rings. The van der Waals surface area contributed by atoms with Crippen molar-refractivity contribution in [2.75, 3.05) is 0 Å². The maximum atomic E-state index is 4.83. The quantitative estimate of drug-likeness (QED) is 0.539. The van der Waals surface area contributed by atoms with E-state index in [1.54, 1.807) is 0 Å². The van der Waals surface area contributed by atoms with Crippen molar-refractivity contribution in [2.24, 2.45) is 4.99 Å². The molecule has 0 amide bonds. The molecule has 0 aliphatic carbocycles. The lowest BCUT2D eigenvalue weighted by Gasteiger charge is -2.13. The number of halogens is 1. The van der Waals surface area contributed by atoms with Gasteiger partial charge in [-0.1, -0.05) is 88.7 Å². The van der Waals surface area contributed by atoms with E-state index in [2.05, 4.69) is 76.6 Å². The van der Waals surface area contributed by atoms with Gasteiger partial charge in [0, 0.05) is 10.7 Å². The zero-order chi connectivity index (χ0) is 15.2. The molecule has 2 heteroatoms. The summed E-state index contributed by atoms with van der Waals surface area (Å²) in [5.41, 5.74) is 3.48. The monoisotopic (exact) mass is 349 g/mol. The topological polar surface area (TPSA) is 12.4 Å². The average molecular weight is 350 g/mol. The van der Waals surface area contributed by atoms with E-state index in [-0.39, 0.29) is 6.04 Å². The molecule has 0 aliphatic heterocycles. The predicted molar refractivity (Wildman–Crippen MR) is 96.5 cm³/mol. The van der Waals surface area contributed by atoms with Gasteiger partial charge in [0.05, 0.1) is 6.04 Å². The lowest BCUT2D eigenvalue weighted by atomic mass is 9.99. The van der Waals surface area contributed by atoms with Gasteiger partial charge in [-0.3, -0.25) is 4.99 Å². The largest absolute Gasteiger partial charge is 0.280 e. The van der Waals surface area contributed by atoms with Crippen molar-refractivity contribution in [3.8, 4) is 0 Å². The first kappa shape index (κ1) is 14.7. The third kappa shape index (κ3) is 3.71. The van der Waals surface area contributed by atoms with Crippen molar-refractivity contribution in [3.63, 3.8) is 0 Å². The summed E-state index contributed by atoms with van der Waals surface area (Å²) in [6.07, 6.45) is 1.94. The molecule has 0 heterocycles. The number of nitrogens with zero attached hydrogens (tertiary/aromatic N) is 1. The van der Waals surface area contributed by atoms with Crippen LogP contribution in [0.15, 0.2) is 94.4 Å². The Morgan fingerprint density at radius 2 is 1.32 bits per heavy atom. The van der Waals surface area contributed by atoms with E-state index in [1.807, 2.05) is 30.5 Å². The van der Waals surface area contributed by atoms with Crippen LogP contribution in [0.1, 0.15) is 22.7 Å². The molecule has 1 nitrogen and oxygen atoms in total. The van der Waals surface area contributed by atoms with Gasteiger partial charge in [0.15, 0.2) is 0 Å². The number of hydrogen-bond donors (Lipinski definition) is 0. The zero-order valence-electron chi connectivity index (χ0n) is 12.1. The fourth-order valence-corrected chi connectivity index (χ4v) is 2.80. The Kier molecular flexibility index (Phi) is 4.81. The second-order valence-electron chi connectivity index (χ2n) is 5.06. The first-order chi connectivity index (χ1) is 10.8. The Morgan fingerprint density at radius 3 is 1.86 bits per heavy atom. The summed E-state index contributed by atoms with van der Waals surface area (Å²) < 4.78 is 1.06. The zero-order valence-corrected chi connectivity index (χ0v) is 13.6. The molecule has 0 aliphatic rings. The fourth-order valence-electron chi connectivity index (χ4n) is 2.38. The molecule has 0 spiro atoms. The summed E-state index contributed by atoms with van der Waals surface area (Å²) in [6, 6.07) is 28.9. The fraction of sp³-hybridized carbons (Fsp3) is 0.0500. The van der Waals surface area contributed by atoms with Gasteiger partial charge in [0.25, 0.3) is 0 Å². The molecule has 3 aromatic carbocycles. The molecule has 3 rings (SSSR count). The van der Waals surface area contributed by atoms with E-state index in [4.69, 9.17) is 4.99 Å². The van der Waals surface area contributed by atoms with Crippen molar-refractivity contribution >= 4 is 22.1 Å². The average Bonchev–Trinajstić information content (AvgIpc) is 2.57. The molecular formula is C20H16BrN. The third-order valence-corrected chi connectivity index (χ3v) is 3.95. The first-order valence-electron chi connectivity index (χ1n) is 7.21. The summed E-state index contributed by atoms with van der Waals surface area (Å²) in [7, 11) is 0. The molecule has 0 bridgehead atoms. The van der Waals surface area contributed by atoms with Crippen LogP contribution in [-0.4, -0.2) is 6.21 Å². The van der Waals surface area contributed by atoms with Crippen molar-refractivity contribution in [3.05, 3.63) is 106 Å². The number of rotatable bonds is 4. The van der Waals surface area contributed by atoms with Gasteiger partial charge in [0.1, 0.15) is 0 Å². The highest BCUT2D eigenvalue weighted by atomic mass is 79.9. The van der Waals surface area contributed by atoms with E-state index >= 15 is 0 Å². The summed E-state index contributed by atoms with van der Waals surface area (Å²) >= 11 is 3.50. The highest BCUT2D eigenvalue weighted by Gasteiger charge is 2.11. The standard InChI is InChI=1S/C20H16BrN/c21-19-13-7-8-16(14-19)15-22-20(17-9-3-1-4-10-17)18-11-5-2-6-12-18/h1-15,20H/b22-15+. The van der Waals surface area contributed by atoms with Gasteiger partial charge < -0.3 is 0 Å². The van der Waals surface area contributed by atoms with E-state index in [9.17, 15) is 0 Å². The Bertz CT molecular complexity index is 711. The predicted octanol–water partition coefficient (Wildman–Crippen LogP) is 5.66. The molecule has 0 aromatic heterocycles. The van der Waals surface area contributed by atoms with E-state index in [1.165, 1.54) is 11.1 Å². The minimum absolute atomic E-state index is 0.0152. The Balaban J connectivity index is 1.96. The maximum Gasteiger partial charge on any atom is 0.0999 e. The van der Waals surface area contributed by atoms with E-state index in [0.29, 0.717) is 0 Å². The van der Waals surface area contributed by atoms with Crippen LogP contribution in [0, 0.1) is 0 Å². The van der Waals surface area contributed by atoms with Gasteiger partial charge in [0.2, 0.25) is 0 Å². The SMILES string of the molecule is Brc1cccc(/C=N/C(c2ccccc2)c2ccccc2)c1. The van der Waals surface area contributed by atoms with Crippen LogP contribution in [-0.2, 0) is 0 Å². The molecule has 108 valence electrons. The van der Waals surface area contributed by atoms with Crippen LogP contribution < -0.4 is 0 Å². The van der Waals surface area contributed by atoms with Crippen LogP contribution in [0.25, 0.3) is 0 Å². The summed E-state index contributed by atoms with van der Waals surface area (Å²) in [5, 5.41) is 0. The van der Waals surface area contributed by atoms with Crippen molar-refractivity contribution < 1.29 is 0 Å². The van der Waals surface area contributed by atoms with Crippen molar-refractivity contribution in [1.82, 2.24) is 0 Å². The molecule has 3 aromatic rings. The lowest BCUT2D eigenvalue weighted by Crippen LogP contribution is -1.98. The molecular weight excluding hydrogens is 334 g/mol. The number of benzene rings is 3. The number of hydrogen-bond acceptors (Lipinski definition) is 1. The molecule has 0 saturated heterocycles. The van der Waals surface area contributed by atoms with Crippen LogP contribution >= 0.6 is 15.9 Å². The van der Waals surface area contributed by atoms with Crippen LogP contribution in [0.4, 0.5) is 0 Å². The molecule has 0 radical (unpaired) electrons. The number of aliphatic imine (C=N–C) groups is 1. The highest BCUT2D eigenvalue weighted by molar-refractivity contribution is 9.10. The second kappa shape index (κ2) is 7.19. The smallest absolute Gasteiger partial charge is 0.0999 e. The summed E-state index contributed by atoms with van der Waals surface area (Å²) in [5.74, 6) is 0. The molecule has 0 atom stereocenters. The van der Waals surface area contributed by atoms with Gasteiger partial charge in [-0.05, 0) is 28.8 Å². The van der Waals surface area contributed by atoms with Gasteiger partial charge in [-0.25, -0.2) is 0 Å². The lowest BCUT2D eigenvalue weighted by molar-refractivity contribution is 0.878. The Hall–Kier alpha value is -2.19. The minimum atomic E-state index is 0.0152. The molecule has 0 N–H and O–H groups in total. The van der Waals surface area contributed by atoms with Crippen LogP contribution in [0.2, 0.25) is 0 Å². The molecule has 0 saturated carbocycles. The maximum absolute atomic E-state index is 4.83. The Labute approximate surface area is 139 Å². The van der Waals surface area contributed by atoms with Gasteiger partial charge >= 0.3 is 0 Å². The van der Waals surface area contributed by atoms with Gasteiger partial charge in [-0.15, -0.1) is 0 Å². The third-order valence-electron chi connectivity index (χ3n) is 3.45. The normalized spacial score (nSPS) is 11.2. The molecule has 0 unspecified atom stereocenters. The molecule has 22 heavy (non-hydrogen) atoms. The van der Waals surface area contributed by atoms with Crippen LogP contribution in [0.3, 0.4) is 0 Å². The van der Waals surface area contributed by atoms with Crippen LogP contribution in [0.5, 0.6) is 0 Å². The van der Waals surface area contributed by atoms with E-state index in [0.717, 1.165) is 10.0 Å². The first-order valence-corrected chi connectivity index (χ1v) is 8.01. The second-order valence-corrected chi connectivity index (χ2v) is 5.97. The summed E-state index contributed by atoms with van der Waals surface area (Å²) in [4.78, 5) is 4.83. The van der Waals surface area contributed by atoms with E-state index < -0.39 is 0 Å². The van der Waals surface area contributed by atoms with Gasteiger partial charge in [-0.2, -0.15) is 0 Å². The summed E-state index contributed by atoms with van der Waals surface area (Å²) in [6.45, 7) is 0. The minimum Gasteiger partial charge on any atom is -0.280 e. The van der Waals surface area contributed by atoms with Crippen molar-refractivity contribution in [2.45, 2.75) is 6.04 Å². The highest BCUT2D eigenvalue weighted by Crippen LogP contribution is 2.25.